The van der Waals surface area contributed by atoms with Crippen LogP contribution < -0.4 is 5.73 Å². The van der Waals surface area contributed by atoms with Crippen LogP contribution in [0.5, 0.6) is 0 Å². The highest BCUT2D eigenvalue weighted by Crippen LogP contribution is 2.34. The van der Waals surface area contributed by atoms with Gasteiger partial charge in [0, 0.05) is 0 Å². The standard InChI is InChI=1S/C19H19N/c20-12-13-5-8-17-15(11-13)7-10-18-16-4-2-1-3-14(16)6-9-19(17)18/h1-4,6-7,9-10,13H,5,8,11-12,20H2/t13-/m0/s1. The Morgan fingerprint density at radius 1 is 0.900 bits per heavy atom. The predicted octanol–water partition coefficient (Wildman–Crippen LogP) is 4.06. The van der Waals surface area contributed by atoms with Crippen molar-refractivity contribution in [3.8, 4) is 0 Å². The molecule has 0 spiro atoms. The summed E-state index contributed by atoms with van der Waals surface area (Å²) >= 11 is 0. The maximum absolute atomic E-state index is 5.85. The van der Waals surface area contributed by atoms with Gasteiger partial charge in [-0.3, -0.25) is 0 Å². The fourth-order valence-electron chi connectivity index (χ4n) is 3.64. The SMILES string of the molecule is NC[C@H]1CCc2c(ccc3c2ccc2ccccc23)C1. The summed E-state index contributed by atoms with van der Waals surface area (Å²) in [6.07, 6.45) is 3.55. The van der Waals surface area contributed by atoms with E-state index in [-0.39, 0.29) is 0 Å². The van der Waals surface area contributed by atoms with Crippen molar-refractivity contribution >= 4 is 21.5 Å². The molecule has 1 atom stereocenters. The molecule has 2 N–H and O–H groups in total. The third kappa shape index (κ3) is 1.74. The molecule has 0 fully saturated rings. The maximum atomic E-state index is 5.85. The van der Waals surface area contributed by atoms with Gasteiger partial charge in [0.1, 0.15) is 0 Å². The van der Waals surface area contributed by atoms with Crippen molar-refractivity contribution in [2.45, 2.75) is 19.3 Å². The van der Waals surface area contributed by atoms with Gasteiger partial charge in [0.15, 0.2) is 0 Å². The lowest BCUT2D eigenvalue weighted by molar-refractivity contribution is 0.470. The van der Waals surface area contributed by atoms with E-state index in [2.05, 4.69) is 48.5 Å². The molecule has 0 amide bonds. The summed E-state index contributed by atoms with van der Waals surface area (Å²) in [5.74, 6) is 0.667. The first-order valence-electron chi connectivity index (χ1n) is 7.49. The topological polar surface area (TPSA) is 26.0 Å². The molecule has 0 saturated heterocycles. The summed E-state index contributed by atoms with van der Waals surface area (Å²) in [4.78, 5) is 0. The molecule has 0 saturated carbocycles. The van der Waals surface area contributed by atoms with Crippen molar-refractivity contribution < 1.29 is 0 Å². The van der Waals surface area contributed by atoms with Crippen LogP contribution in [0.1, 0.15) is 17.5 Å². The number of rotatable bonds is 1. The highest BCUT2D eigenvalue weighted by Gasteiger charge is 2.19. The summed E-state index contributed by atoms with van der Waals surface area (Å²) in [6, 6.07) is 17.9. The number of nitrogens with two attached hydrogens (primary N) is 1. The van der Waals surface area contributed by atoms with E-state index in [0.717, 1.165) is 13.0 Å². The number of hydrogen-bond acceptors (Lipinski definition) is 1. The summed E-state index contributed by atoms with van der Waals surface area (Å²) in [5.41, 5.74) is 8.91. The predicted molar refractivity (Wildman–Crippen MR) is 86.0 cm³/mol. The Morgan fingerprint density at radius 2 is 1.75 bits per heavy atom. The molecule has 1 aliphatic rings. The molecule has 100 valence electrons. The van der Waals surface area contributed by atoms with Gasteiger partial charge in [0.05, 0.1) is 0 Å². The van der Waals surface area contributed by atoms with E-state index in [0.29, 0.717) is 5.92 Å². The van der Waals surface area contributed by atoms with Crippen LogP contribution in [0.4, 0.5) is 0 Å². The van der Waals surface area contributed by atoms with Gasteiger partial charge in [-0.05, 0) is 64.4 Å². The molecular weight excluding hydrogens is 242 g/mol. The first kappa shape index (κ1) is 11.9. The fraction of sp³-hybridized carbons (Fsp3) is 0.263. The Bertz CT molecular complexity index is 788. The fourth-order valence-corrected chi connectivity index (χ4v) is 3.64. The Labute approximate surface area is 119 Å². The average Bonchev–Trinajstić information content (AvgIpc) is 2.53. The first-order valence-corrected chi connectivity index (χ1v) is 7.49. The van der Waals surface area contributed by atoms with Crippen LogP contribution in [-0.4, -0.2) is 6.54 Å². The van der Waals surface area contributed by atoms with E-state index < -0.39 is 0 Å². The molecule has 0 radical (unpaired) electrons. The average molecular weight is 261 g/mol. The number of hydrogen-bond donors (Lipinski definition) is 1. The molecule has 1 nitrogen and oxygen atoms in total. The molecule has 1 aliphatic carbocycles. The van der Waals surface area contributed by atoms with Crippen LogP contribution in [-0.2, 0) is 12.8 Å². The minimum Gasteiger partial charge on any atom is -0.330 e. The minimum atomic E-state index is 0.667. The molecule has 3 aromatic carbocycles. The van der Waals surface area contributed by atoms with Crippen LogP contribution in [0, 0.1) is 5.92 Å². The van der Waals surface area contributed by atoms with Crippen molar-refractivity contribution in [1.82, 2.24) is 0 Å². The lowest BCUT2D eigenvalue weighted by Gasteiger charge is -2.25. The Morgan fingerprint density at radius 3 is 2.65 bits per heavy atom. The normalized spacial score (nSPS) is 18.4. The van der Waals surface area contributed by atoms with Crippen molar-refractivity contribution in [3.05, 3.63) is 59.7 Å². The molecule has 0 heterocycles. The van der Waals surface area contributed by atoms with Crippen LogP contribution in [0.2, 0.25) is 0 Å². The smallest absolute Gasteiger partial charge is 0.00456 e. The molecule has 4 rings (SSSR count). The van der Waals surface area contributed by atoms with Gasteiger partial charge in [-0.15, -0.1) is 0 Å². The largest absolute Gasteiger partial charge is 0.330 e. The van der Waals surface area contributed by atoms with E-state index in [9.17, 15) is 0 Å². The maximum Gasteiger partial charge on any atom is -0.00456 e. The molecule has 0 bridgehead atoms. The van der Waals surface area contributed by atoms with Crippen molar-refractivity contribution in [3.63, 3.8) is 0 Å². The zero-order chi connectivity index (χ0) is 13.5. The van der Waals surface area contributed by atoms with Crippen LogP contribution in [0.25, 0.3) is 21.5 Å². The number of benzene rings is 3. The van der Waals surface area contributed by atoms with E-state index >= 15 is 0 Å². The van der Waals surface area contributed by atoms with Crippen LogP contribution >= 0.6 is 0 Å². The zero-order valence-corrected chi connectivity index (χ0v) is 11.6. The summed E-state index contributed by atoms with van der Waals surface area (Å²) < 4.78 is 0. The molecule has 0 aromatic heterocycles. The Kier molecular flexibility index (Phi) is 2.75. The Balaban J connectivity index is 1.99. The number of aryl methyl sites for hydroxylation is 1. The van der Waals surface area contributed by atoms with E-state index in [1.807, 2.05) is 0 Å². The van der Waals surface area contributed by atoms with Gasteiger partial charge in [-0.1, -0.05) is 48.5 Å². The minimum absolute atomic E-state index is 0.667. The van der Waals surface area contributed by atoms with Gasteiger partial charge in [0.25, 0.3) is 0 Å². The second kappa shape index (κ2) is 4.60. The summed E-state index contributed by atoms with van der Waals surface area (Å²) in [5, 5.41) is 5.54. The zero-order valence-electron chi connectivity index (χ0n) is 11.6. The van der Waals surface area contributed by atoms with Crippen molar-refractivity contribution in [2.75, 3.05) is 6.54 Å². The molecule has 0 aliphatic heterocycles. The van der Waals surface area contributed by atoms with Gasteiger partial charge < -0.3 is 5.73 Å². The summed E-state index contributed by atoms with van der Waals surface area (Å²) in [7, 11) is 0. The molecule has 1 heteroatoms. The van der Waals surface area contributed by atoms with Crippen LogP contribution in [0.3, 0.4) is 0 Å². The third-order valence-electron chi connectivity index (χ3n) is 4.78. The second-order valence-electron chi connectivity index (χ2n) is 5.93. The van der Waals surface area contributed by atoms with Crippen LogP contribution in [0.15, 0.2) is 48.5 Å². The third-order valence-corrected chi connectivity index (χ3v) is 4.78. The monoisotopic (exact) mass is 261 g/mol. The van der Waals surface area contributed by atoms with E-state index in [1.54, 1.807) is 5.56 Å². The Hall–Kier alpha value is -1.86. The second-order valence-corrected chi connectivity index (χ2v) is 5.93. The van der Waals surface area contributed by atoms with E-state index in [1.165, 1.54) is 39.9 Å². The molecular formula is C19H19N. The lowest BCUT2D eigenvalue weighted by Crippen LogP contribution is -2.22. The van der Waals surface area contributed by atoms with Gasteiger partial charge in [0.2, 0.25) is 0 Å². The first-order chi connectivity index (χ1) is 9.86. The molecule has 3 aromatic rings. The van der Waals surface area contributed by atoms with Gasteiger partial charge in [-0.2, -0.15) is 0 Å². The van der Waals surface area contributed by atoms with Crippen molar-refractivity contribution in [1.29, 1.82) is 0 Å². The summed E-state index contributed by atoms with van der Waals surface area (Å²) in [6.45, 7) is 0.815. The highest BCUT2D eigenvalue weighted by molar-refractivity contribution is 6.08. The highest BCUT2D eigenvalue weighted by atomic mass is 14.5. The van der Waals surface area contributed by atoms with Gasteiger partial charge >= 0.3 is 0 Å². The quantitative estimate of drug-likeness (QED) is 0.657. The molecule has 0 unspecified atom stereocenters. The van der Waals surface area contributed by atoms with Gasteiger partial charge in [-0.25, -0.2) is 0 Å². The van der Waals surface area contributed by atoms with E-state index in [4.69, 9.17) is 5.73 Å². The molecule has 20 heavy (non-hydrogen) atoms. The number of fused-ring (bicyclic) bond motifs is 5. The lowest BCUT2D eigenvalue weighted by atomic mass is 9.81. The van der Waals surface area contributed by atoms with Crippen molar-refractivity contribution in [2.24, 2.45) is 11.7 Å².